The van der Waals surface area contributed by atoms with Gasteiger partial charge in [-0.3, -0.25) is 9.59 Å². The van der Waals surface area contributed by atoms with E-state index in [4.69, 9.17) is 21.1 Å². The molecule has 3 aromatic carbocycles. The van der Waals surface area contributed by atoms with Crippen molar-refractivity contribution in [2.75, 3.05) is 24.8 Å². The molecule has 0 heterocycles. The number of ether oxygens (including phenoxy) is 2. The van der Waals surface area contributed by atoms with Crippen LogP contribution in [0, 0.1) is 0 Å². The largest absolute Gasteiger partial charge is 0.495 e. The predicted molar refractivity (Wildman–Crippen MR) is 118 cm³/mol. The number of sulfone groups is 1. The van der Waals surface area contributed by atoms with Crippen molar-refractivity contribution in [2.45, 2.75) is 11.3 Å². The number of amides is 1. The monoisotopic (exact) mass is 461 g/mol. The highest BCUT2D eigenvalue weighted by Gasteiger charge is 2.20. The molecule has 1 amide bonds. The van der Waals surface area contributed by atoms with Crippen LogP contribution in [0.25, 0.3) is 10.8 Å². The lowest BCUT2D eigenvalue weighted by molar-refractivity contribution is -0.146. The zero-order valence-corrected chi connectivity index (χ0v) is 18.2. The van der Waals surface area contributed by atoms with Crippen molar-refractivity contribution >= 4 is 49.8 Å². The molecule has 0 aromatic heterocycles. The Hall–Kier alpha value is -3.10. The van der Waals surface area contributed by atoms with Gasteiger partial charge >= 0.3 is 5.97 Å². The Morgan fingerprint density at radius 2 is 1.77 bits per heavy atom. The van der Waals surface area contributed by atoms with E-state index in [9.17, 15) is 18.0 Å². The van der Waals surface area contributed by atoms with Crippen LogP contribution in [0.4, 0.5) is 5.69 Å². The van der Waals surface area contributed by atoms with Crippen LogP contribution in [0.1, 0.15) is 6.42 Å². The van der Waals surface area contributed by atoms with Crippen molar-refractivity contribution in [1.29, 1.82) is 0 Å². The number of nitrogens with one attached hydrogen (secondary N) is 1. The third kappa shape index (κ3) is 5.74. The fraction of sp³-hybridized carbons (Fsp3) is 0.182. The summed E-state index contributed by atoms with van der Waals surface area (Å²) in [6, 6.07) is 16.8. The van der Waals surface area contributed by atoms with Crippen molar-refractivity contribution in [3.63, 3.8) is 0 Å². The number of esters is 1. The number of fused-ring (bicyclic) bond motifs is 1. The molecule has 31 heavy (non-hydrogen) atoms. The number of rotatable bonds is 8. The standard InChI is InChI=1S/C22H20ClNO6S/c1-29-19-10-9-16(23)13-18(19)24-21(25)14-30-22(26)11-12-31(27,28)20-8-4-6-15-5-2-3-7-17(15)20/h2-10,13H,11-12,14H2,1H3,(H,24,25). The third-order valence-electron chi connectivity index (χ3n) is 4.46. The highest BCUT2D eigenvalue weighted by molar-refractivity contribution is 7.91. The summed E-state index contributed by atoms with van der Waals surface area (Å²) in [5, 5.41) is 4.31. The number of carbonyl (C=O) groups excluding carboxylic acids is 2. The summed E-state index contributed by atoms with van der Waals surface area (Å²) in [7, 11) is -2.28. The van der Waals surface area contributed by atoms with Gasteiger partial charge in [-0.2, -0.15) is 0 Å². The van der Waals surface area contributed by atoms with E-state index in [1.807, 2.05) is 18.2 Å². The second kappa shape index (κ2) is 9.80. The van der Waals surface area contributed by atoms with Gasteiger partial charge in [0.1, 0.15) is 5.75 Å². The van der Waals surface area contributed by atoms with Crippen molar-refractivity contribution in [3.8, 4) is 5.75 Å². The first kappa shape index (κ1) is 22.6. The Morgan fingerprint density at radius 1 is 1.03 bits per heavy atom. The normalized spacial score (nSPS) is 11.2. The van der Waals surface area contributed by atoms with E-state index in [1.54, 1.807) is 30.3 Å². The number of anilines is 1. The maximum atomic E-state index is 12.7. The topological polar surface area (TPSA) is 98.8 Å². The molecule has 162 valence electrons. The molecule has 0 saturated carbocycles. The predicted octanol–water partition coefficient (Wildman–Crippen LogP) is 3.85. The van der Waals surface area contributed by atoms with Gasteiger partial charge < -0.3 is 14.8 Å². The van der Waals surface area contributed by atoms with E-state index < -0.39 is 34.1 Å². The number of hydrogen-bond donors (Lipinski definition) is 1. The Morgan fingerprint density at radius 3 is 2.55 bits per heavy atom. The number of halogens is 1. The number of benzene rings is 3. The first-order valence-corrected chi connectivity index (χ1v) is 11.3. The van der Waals surface area contributed by atoms with Crippen molar-refractivity contribution in [2.24, 2.45) is 0 Å². The first-order valence-electron chi connectivity index (χ1n) is 9.30. The minimum Gasteiger partial charge on any atom is -0.495 e. The molecular formula is C22H20ClNO6S. The van der Waals surface area contributed by atoms with Crippen LogP contribution in [0.3, 0.4) is 0 Å². The van der Waals surface area contributed by atoms with Crippen molar-refractivity contribution in [1.82, 2.24) is 0 Å². The van der Waals surface area contributed by atoms with Crippen LogP contribution in [-0.4, -0.2) is 39.8 Å². The fourth-order valence-corrected chi connectivity index (χ4v) is 4.61. The molecule has 0 radical (unpaired) electrons. The van der Waals surface area contributed by atoms with Crippen LogP contribution in [0.5, 0.6) is 5.75 Å². The SMILES string of the molecule is COc1ccc(Cl)cc1NC(=O)COC(=O)CCS(=O)(=O)c1cccc2ccccc12. The van der Waals surface area contributed by atoms with Gasteiger partial charge in [0, 0.05) is 10.4 Å². The molecule has 9 heteroatoms. The Labute approximate surface area is 184 Å². The average molecular weight is 462 g/mol. The van der Waals surface area contributed by atoms with Gasteiger partial charge in [0.2, 0.25) is 0 Å². The zero-order valence-electron chi connectivity index (χ0n) is 16.6. The highest BCUT2D eigenvalue weighted by Crippen LogP contribution is 2.27. The van der Waals surface area contributed by atoms with Gasteiger partial charge in [0.15, 0.2) is 16.4 Å². The molecule has 3 aromatic rings. The molecule has 0 bridgehead atoms. The van der Waals surface area contributed by atoms with Crippen LogP contribution in [0.15, 0.2) is 65.6 Å². The summed E-state index contributed by atoms with van der Waals surface area (Å²) < 4.78 is 35.5. The molecule has 1 N–H and O–H groups in total. The molecule has 3 rings (SSSR count). The van der Waals surface area contributed by atoms with Gasteiger partial charge in [-0.05, 0) is 29.7 Å². The second-order valence-electron chi connectivity index (χ2n) is 6.60. The number of hydrogen-bond acceptors (Lipinski definition) is 6. The van der Waals surface area contributed by atoms with E-state index in [0.29, 0.717) is 21.8 Å². The van der Waals surface area contributed by atoms with E-state index in [1.165, 1.54) is 19.2 Å². The minimum absolute atomic E-state index is 0.157. The molecule has 0 aliphatic heterocycles. The summed E-state index contributed by atoms with van der Waals surface area (Å²) in [5.74, 6) is -1.43. The first-order chi connectivity index (χ1) is 14.8. The summed E-state index contributed by atoms with van der Waals surface area (Å²) in [4.78, 5) is 24.2. The molecule has 0 aliphatic carbocycles. The van der Waals surface area contributed by atoms with Crippen LogP contribution in [0.2, 0.25) is 5.02 Å². The molecule has 0 atom stereocenters. The van der Waals surface area contributed by atoms with E-state index in [-0.39, 0.29) is 11.3 Å². The van der Waals surface area contributed by atoms with Gasteiger partial charge in [-0.25, -0.2) is 8.42 Å². The number of carbonyl (C=O) groups is 2. The van der Waals surface area contributed by atoms with Gasteiger partial charge in [0.25, 0.3) is 5.91 Å². The second-order valence-corrected chi connectivity index (χ2v) is 9.11. The van der Waals surface area contributed by atoms with Gasteiger partial charge in [0.05, 0.1) is 29.9 Å². The Bertz CT molecular complexity index is 1220. The van der Waals surface area contributed by atoms with Crippen LogP contribution < -0.4 is 10.1 Å². The maximum Gasteiger partial charge on any atom is 0.307 e. The van der Waals surface area contributed by atoms with Gasteiger partial charge in [-0.15, -0.1) is 0 Å². The summed E-state index contributed by atoms with van der Waals surface area (Å²) >= 11 is 5.91. The summed E-state index contributed by atoms with van der Waals surface area (Å²) in [6.45, 7) is -0.567. The van der Waals surface area contributed by atoms with E-state index in [2.05, 4.69) is 5.32 Å². The van der Waals surface area contributed by atoms with Crippen molar-refractivity contribution in [3.05, 3.63) is 65.7 Å². The zero-order chi connectivity index (χ0) is 22.4. The third-order valence-corrected chi connectivity index (χ3v) is 6.46. The molecule has 0 aliphatic rings. The highest BCUT2D eigenvalue weighted by atomic mass is 35.5. The molecule has 7 nitrogen and oxygen atoms in total. The van der Waals surface area contributed by atoms with E-state index >= 15 is 0 Å². The summed E-state index contributed by atoms with van der Waals surface area (Å²) in [5.41, 5.74) is 0.328. The lowest BCUT2D eigenvalue weighted by Gasteiger charge is -2.11. The summed E-state index contributed by atoms with van der Waals surface area (Å²) in [6.07, 6.45) is -0.376. The molecular weight excluding hydrogens is 442 g/mol. The van der Waals surface area contributed by atoms with Crippen molar-refractivity contribution < 1.29 is 27.5 Å². The Balaban J connectivity index is 1.56. The maximum absolute atomic E-state index is 12.7. The fourth-order valence-electron chi connectivity index (χ4n) is 2.98. The smallest absolute Gasteiger partial charge is 0.307 e. The van der Waals surface area contributed by atoms with Gasteiger partial charge in [-0.1, -0.05) is 48.0 Å². The lowest BCUT2D eigenvalue weighted by Crippen LogP contribution is -2.22. The molecule has 0 fully saturated rings. The number of methoxy groups -OCH3 is 1. The Kier molecular flexibility index (Phi) is 7.14. The molecule has 0 spiro atoms. The minimum atomic E-state index is -3.72. The lowest BCUT2D eigenvalue weighted by atomic mass is 10.1. The van der Waals surface area contributed by atoms with Crippen LogP contribution >= 0.6 is 11.6 Å². The van der Waals surface area contributed by atoms with Crippen LogP contribution in [-0.2, 0) is 24.2 Å². The quantitative estimate of drug-likeness (QED) is 0.511. The average Bonchev–Trinajstić information content (AvgIpc) is 2.76. The van der Waals surface area contributed by atoms with E-state index in [0.717, 1.165) is 5.39 Å². The molecule has 0 unspecified atom stereocenters. The molecule has 0 saturated heterocycles.